The molecule has 0 aromatic heterocycles. The Hall–Kier alpha value is -3.06. The van der Waals surface area contributed by atoms with E-state index in [-0.39, 0.29) is 17.9 Å². The number of carbonyl (C=O) groups is 2. The number of urea groups is 1. The first-order valence-electron chi connectivity index (χ1n) is 9.91. The Labute approximate surface area is 171 Å². The molecule has 1 aliphatic heterocycles. The average Bonchev–Trinajstić information content (AvgIpc) is 2.73. The van der Waals surface area contributed by atoms with E-state index in [1.54, 1.807) is 29.2 Å². The molecule has 2 aromatic rings. The minimum absolute atomic E-state index is 0.0753. The third-order valence-corrected chi connectivity index (χ3v) is 4.86. The fraction of sp³-hybridized carbons (Fsp3) is 0.364. The summed E-state index contributed by atoms with van der Waals surface area (Å²) < 4.78 is 5.44. The largest absolute Gasteiger partial charge is 0.492 e. The van der Waals surface area contributed by atoms with Crippen LogP contribution < -0.4 is 21.1 Å². The lowest BCUT2D eigenvalue weighted by molar-refractivity contribution is -0.121. The van der Waals surface area contributed by atoms with E-state index in [9.17, 15) is 9.59 Å². The van der Waals surface area contributed by atoms with Gasteiger partial charge in [-0.15, -0.1) is 0 Å². The number of hydrogen-bond donors (Lipinski definition) is 3. The van der Waals surface area contributed by atoms with Crippen LogP contribution in [0.15, 0.2) is 48.5 Å². The molecule has 154 valence electrons. The fourth-order valence-electron chi connectivity index (χ4n) is 3.36. The van der Waals surface area contributed by atoms with E-state index in [2.05, 4.69) is 10.6 Å². The van der Waals surface area contributed by atoms with Gasteiger partial charge in [0.05, 0.1) is 5.92 Å². The summed E-state index contributed by atoms with van der Waals surface area (Å²) in [6.45, 7) is 3.94. The van der Waals surface area contributed by atoms with Crippen LogP contribution in [0.3, 0.4) is 0 Å². The van der Waals surface area contributed by atoms with Crippen molar-refractivity contribution in [3.8, 4) is 5.75 Å². The van der Waals surface area contributed by atoms with Crippen LogP contribution in [0.1, 0.15) is 18.4 Å². The highest BCUT2D eigenvalue weighted by Crippen LogP contribution is 2.21. The van der Waals surface area contributed by atoms with Crippen molar-refractivity contribution < 1.29 is 14.3 Å². The second-order valence-electron chi connectivity index (χ2n) is 7.24. The van der Waals surface area contributed by atoms with E-state index in [0.717, 1.165) is 24.1 Å². The van der Waals surface area contributed by atoms with Gasteiger partial charge in [0, 0.05) is 31.0 Å². The zero-order valence-electron chi connectivity index (χ0n) is 16.7. The Morgan fingerprint density at radius 2 is 1.93 bits per heavy atom. The highest BCUT2D eigenvalue weighted by molar-refractivity contribution is 5.94. The molecule has 1 fully saturated rings. The lowest BCUT2D eigenvalue weighted by atomic mass is 9.97. The number of piperidine rings is 1. The van der Waals surface area contributed by atoms with Gasteiger partial charge in [0.1, 0.15) is 12.4 Å². The Kier molecular flexibility index (Phi) is 7.08. The topological polar surface area (TPSA) is 96.7 Å². The Morgan fingerprint density at radius 1 is 1.14 bits per heavy atom. The number of nitrogens with zero attached hydrogens (tertiary/aromatic N) is 1. The number of aryl methyl sites for hydroxylation is 1. The predicted octanol–water partition coefficient (Wildman–Crippen LogP) is 3.22. The SMILES string of the molecule is Cc1cccc(NC(=O)N2CCCC(C(=O)Nc3ccc(OCCN)cc3)C2)c1. The van der Waals surface area contributed by atoms with E-state index in [0.29, 0.717) is 37.7 Å². The summed E-state index contributed by atoms with van der Waals surface area (Å²) >= 11 is 0. The van der Waals surface area contributed by atoms with Gasteiger partial charge in [0.2, 0.25) is 5.91 Å². The second-order valence-corrected chi connectivity index (χ2v) is 7.24. The summed E-state index contributed by atoms with van der Waals surface area (Å²) in [5.74, 6) is 0.402. The first kappa shape index (κ1) is 20.7. The van der Waals surface area contributed by atoms with E-state index < -0.39 is 0 Å². The van der Waals surface area contributed by atoms with Gasteiger partial charge in [0.15, 0.2) is 0 Å². The molecule has 3 amide bonds. The molecule has 29 heavy (non-hydrogen) atoms. The smallest absolute Gasteiger partial charge is 0.321 e. The standard InChI is InChI=1S/C22H28N4O3/c1-16-4-2-6-19(14-16)25-22(28)26-12-3-5-17(15-26)21(27)24-18-7-9-20(10-8-18)29-13-11-23/h2,4,6-10,14,17H,3,5,11-13,15,23H2,1H3,(H,24,27)(H,25,28). The first-order chi connectivity index (χ1) is 14.0. The molecule has 1 heterocycles. The second kappa shape index (κ2) is 9.93. The van der Waals surface area contributed by atoms with Gasteiger partial charge in [0.25, 0.3) is 0 Å². The van der Waals surface area contributed by atoms with E-state index in [4.69, 9.17) is 10.5 Å². The zero-order chi connectivity index (χ0) is 20.6. The van der Waals surface area contributed by atoms with Gasteiger partial charge in [-0.2, -0.15) is 0 Å². The highest BCUT2D eigenvalue weighted by Gasteiger charge is 2.28. The molecule has 1 atom stereocenters. The summed E-state index contributed by atoms with van der Waals surface area (Å²) in [7, 11) is 0. The monoisotopic (exact) mass is 396 g/mol. The Balaban J connectivity index is 1.54. The molecule has 1 unspecified atom stereocenters. The summed E-state index contributed by atoms with van der Waals surface area (Å²) in [5, 5.41) is 5.85. The zero-order valence-corrected chi connectivity index (χ0v) is 16.7. The maximum atomic E-state index is 12.7. The number of likely N-dealkylation sites (tertiary alicyclic amines) is 1. The van der Waals surface area contributed by atoms with Crippen LogP contribution in [-0.4, -0.2) is 43.1 Å². The van der Waals surface area contributed by atoms with Crippen molar-refractivity contribution in [2.45, 2.75) is 19.8 Å². The van der Waals surface area contributed by atoms with Crippen LogP contribution in [0, 0.1) is 12.8 Å². The van der Waals surface area contributed by atoms with Crippen molar-refractivity contribution in [2.24, 2.45) is 11.7 Å². The molecular weight excluding hydrogens is 368 g/mol. The maximum absolute atomic E-state index is 12.7. The van der Waals surface area contributed by atoms with Gasteiger partial charge in [-0.1, -0.05) is 12.1 Å². The van der Waals surface area contributed by atoms with Crippen molar-refractivity contribution in [1.82, 2.24) is 4.90 Å². The van der Waals surface area contributed by atoms with Crippen molar-refractivity contribution in [3.05, 3.63) is 54.1 Å². The average molecular weight is 396 g/mol. The molecule has 1 saturated heterocycles. The van der Waals surface area contributed by atoms with Crippen LogP contribution >= 0.6 is 0 Å². The van der Waals surface area contributed by atoms with E-state index >= 15 is 0 Å². The number of benzene rings is 2. The molecule has 7 nitrogen and oxygen atoms in total. The third kappa shape index (κ3) is 5.96. The van der Waals surface area contributed by atoms with Crippen molar-refractivity contribution in [3.63, 3.8) is 0 Å². The summed E-state index contributed by atoms with van der Waals surface area (Å²) in [6, 6.07) is 14.7. The number of amides is 3. The quantitative estimate of drug-likeness (QED) is 0.698. The van der Waals surface area contributed by atoms with Gasteiger partial charge >= 0.3 is 6.03 Å². The summed E-state index contributed by atoms with van der Waals surface area (Å²) in [5.41, 5.74) is 7.97. The number of carbonyl (C=O) groups excluding carboxylic acids is 2. The molecule has 3 rings (SSSR count). The number of anilines is 2. The molecule has 4 N–H and O–H groups in total. The molecule has 0 bridgehead atoms. The first-order valence-corrected chi connectivity index (χ1v) is 9.91. The fourth-order valence-corrected chi connectivity index (χ4v) is 3.36. The van der Waals surface area contributed by atoms with Gasteiger partial charge in [-0.05, 0) is 61.7 Å². The van der Waals surface area contributed by atoms with Crippen molar-refractivity contribution in [1.29, 1.82) is 0 Å². The number of ether oxygens (including phenoxy) is 1. The van der Waals surface area contributed by atoms with Crippen LogP contribution in [-0.2, 0) is 4.79 Å². The van der Waals surface area contributed by atoms with Crippen molar-refractivity contribution >= 4 is 23.3 Å². The van der Waals surface area contributed by atoms with Gasteiger partial charge in [-0.25, -0.2) is 4.79 Å². The van der Waals surface area contributed by atoms with E-state index in [1.807, 2.05) is 31.2 Å². The third-order valence-electron chi connectivity index (χ3n) is 4.86. The van der Waals surface area contributed by atoms with Crippen LogP contribution in [0.5, 0.6) is 5.75 Å². The summed E-state index contributed by atoms with van der Waals surface area (Å²) in [6.07, 6.45) is 1.56. The molecule has 1 aliphatic rings. The number of hydrogen-bond acceptors (Lipinski definition) is 4. The minimum atomic E-state index is -0.236. The van der Waals surface area contributed by atoms with Gasteiger partial charge < -0.3 is 26.0 Å². The molecule has 0 radical (unpaired) electrons. The summed E-state index contributed by atoms with van der Waals surface area (Å²) in [4.78, 5) is 27.0. The molecule has 0 spiro atoms. The highest BCUT2D eigenvalue weighted by atomic mass is 16.5. The number of rotatable bonds is 6. The van der Waals surface area contributed by atoms with Gasteiger partial charge in [-0.3, -0.25) is 4.79 Å². The lowest BCUT2D eigenvalue weighted by Gasteiger charge is -2.32. The number of nitrogens with two attached hydrogens (primary N) is 1. The van der Waals surface area contributed by atoms with Crippen molar-refractivity contribution in [2.75, 3.05) is 36.9 Å². The van der Waals surface area contributed by atoms with Crippen LogP contribution in [0.4, 0.5) is 16.2 Å². The molecule has 0 aliphatic carbocycles. The predicted molar refractivity (Wildman–Crippen MR) is 114 cm³/mol. The van der Waals surface area contributed by atoms with Crippen LogP contribution in [0.25, 0.3) is 0 Å². The molecular formula is C22H28N4O3. The normalized spacial score (nSPS) is 16.2. The molecule has 0 saturated carbocycles. The van der Waals surface area contributed by atoms with E-state index in [1.165, 1.54) is 0 Å². The number of nitrogens with one attached hydrogen (secondary N) is 2. The minimum Gasteiger partial charge on any atom is -0.492 e. The molecule has 7 heteroatoms. The molecule has 2 aromatic carbocycles. The maximum Gasteiger partial charge on any atom is 0.321 e. The Bertz CT molecular complexity index is 838. The van der Waals surface area contributed by atoms with Crippen LogP contribution in [0.2, 0.25) is 0 Å². The Morgan fingerprint density at radius 3 is 2.66 bits per heavy atom. The lowest BCUT2D eigenvalue weighted by Crippen LogP contribution is -2.45.